The maximum absolute atomic E-state index is 11.7. The van der Waals surface area contributed by atoms with Gasteiger partial charge in [0, 0.05) is 18.7 Å². The van der Waals surface area contributed by atoms with Crippen molar-refractivity contribution in [1.82, 2.24) is 5.32 Å². The molecule has 0 aliphatic rings. The number of rotatable bonds is 9. The molecule has 2 N–H and O–H groups in total. The Morgan fingerprint density at radius 1 is 1.29 bits per heavy atom. The van der Waals surface area contributed by atoms with E-state index in [-0.39, 0.29) is 18.2 Å². The molecule has 0 aliphatic heterocycles. The molecule has 1 rings (SSSR count). The summed E-state index contributed by atoms with van der Waals surface area (Å²) in [5.74, 6) is 0.658. The van der Waals surface area contributed by atoms with Crippen LogP contribution in [-0.2, 0) is 15.3 Å². The van der Waals surface area contributed by atoms with E-state index >= 15 is 0 Å². The molecule has 5 heteroatoms. The van der Waals surface area contributed by atoms with Crippen molar-refractivity contribution in [3.63, 3.8) is 0 Å². The van der Waals surface area contributed by atoms with E-state index in [1.807, 2.05) is 6.92 Å². The van der Waals surface area contributed by atoms with Crippen LogP contribution >= 0.6 is 11.8 Å². The van der Waals surface area contributed by atoms with Crippen LogP contribution in [0.5, 0.6) is 0 Å². The fourth-order valence-corrected chi connectivity index (χ4v) is 2.57. The number of hydrogen-bond acceptors (Lipinski definition) is 3. The van der Waals surface area contributed by atoms with Crippen LogP contribution in [0.3, 0.4) is 0 Å². The van der Waals surface area contributed by atoms with Gasteiger partial charge in [-0.1, -0.05) is 36.8 Å². The highest BCUT2D eigenvalue weighted by Crippen LogP contribution is 2.12. The van der Waals surface area contributed by atoms with Gasteiger partial charge in [0.25, 0.3) is 0 Å². The van der Waals surface area contributed by atoms with Crippen LogP contribution < -0.4 is 5.32 Å². The monoisotopic (exact) mass is 309 g/mol. The minimum Gasteiger partial charge on any atom is -0.481 e. The maximum atomic E-state index is 11.7. The number of hydrogen-bond donors (Lipinski definition) is 2. The molecule has 0 bridgehead atoms. The van der Waals surface area contributed by atoms with Crippen LogP contribution in [0.2, 0.25) is 0 Å². The lowest BCUT2D eigenvalue weighted by Crippen LogP contribution is -2.29. The van der Waals surface area contributed by atoms with Gasteiger partial charge in [-0.25, -0.2) is 0 Å². The van der Waals surface area contributed by atoms with Crippen molar-refractivity contribution < 1.29 is 14.7 Å². The number of carboxylic acid groups (broad SMARTS) is 1. The molecule has 1 unspecified atom stereocenters. The van der Waals surface area contributed by atoms with Gasteiger partial charge in [0.1, 0.15) is 0 Å². The maximum Gasteiger partial charge on any atom is 0.303 e. The lowest BCUT2D eigenvalue weighted by atomic mass is 10.1. The van der Waals surface area contributed by atoms with E-state index in [1.54, 1.807) is 11.8 Å². The van der Waals surface area contributed by atoms with Gasteiger partial charge >= 0.3 is 5.97 Å². The molecule has 0 spiro atoms. The van der Waals surface area contributed by atoms with Crippen LogP contribution in [0.15, 0.2) is 24.3 Å². The van der Waals surface area contributed by atoms with Gasteiger partial charge in [-0.2, -0.15) is 0 Å². The first-order valence-corrected chi connectivity index (χ1v) is 8.24. The molecule has 1 atom stereocenters. The van der Waals surface area contributed by atoms with Crippen molar-refractivity contribution in [1.29, 1.82) is 0 Å². The molecule has 0 fully saturated rings. The minimum atomic E-state index is -0.790. The van der Waals surface area contributed by atoms with Crippen LogP contribution in [0, 0.1) is 12.8 Å². The quantitative estimate of drug-likeness (QED) is 0.736. The Hall–Kier alpha value is -1.49. The van der Waals surface area contributed by atoms with Crippen molar-refractivity contribution in [2.75, 3.05) is 12.3 Å². The predicted octanol–water partition coefficient (Wildman–Crippen LogP) is 2.85. The molecule has 21 heavy (non-hydrogen) atoms. The average Bonchev–Trinajstić information content (AvgIpc) is 2.45. The zero-order valence-electron chi connectivity index (χ0n) is 12.6. The topological polar surface area (TPSA) is 66.4 Å². The van der Waals surface area contributed by atoms with Gasteiger partial charge in [-0.3, -0.25) is 9.59 Å². The number of nitrogens with one attached hydrogen (secondary N) is 1. The summed E-state index contributed by atoms with van der Waals surface area (Å²) in [6.45, 7) is 4.54. The normalized spacial score (nSPS) is 11.9. The Bertz CT molecular complexity index is 459. The zero-order valence-corrected chi connectivity index (χ0v) is 13.4. The summed E-state index contributed by atoms with van der Waals surface area (Å²) in [7, 11) is 0. The van der Waals surface area contributed by atoms with Crippen molar-refractivity contribution in [2.24, 2.45) is 5.92 Å². The third-order valence-corrected chi connectivity index (χ3v) is 4.12. The number of aryl methyl sites for hydroxylation is 1. The van der Waals surface area contributed by atoms with Crippen LogP contribution in [0.1, 0.15) is 30.9 Å². The van der Waals surface area contributed by atoms with Gasteiger partial charge in [0.15, 0.2) is 0 Å². The van der Waals surface area contributed by atoms with Crippen molar-refractivity contribution in [3.05, 3.63) is 35.4 Å². The molecular weight excluding hydrogens is 286 g/mol. The van der Waals surface area contributed by atoms with Gasteiger partial charge in [0.05, 0.1) is 5.75 Å². The number of carbonyl (C=O) groups excluding carboxylic acids is 1. The second-order valence-corrected chi connectivity index (χ2v) is 6.31. The summed E-state index contributed by atoms with van der Waals surface area (Å²) in [6.07, 6.45) is 0.741. The first-order valence-electron chi connectivity index (χ1n) is 7.09. The molecule has 116 valence electrons. The molecule has 0 aromatic heterocycles. The molecule has 1 amide bonds. The Morgan fingerprint density at radius 3 is 2.57 bits per heavy atom. The fraction of sp³-hybridized carbons (Fsp3) is 0.500. The molecule has 1 aromatic rings. The number of carboxylic acids is 1. The summed E-state index contributed by atoms with van der Waals surface area (Å²) in [4.78, 5) is 22.1. The van der Waals surface area contributed by atoms with E-state index in [0.717, 1.165) is 5.75 Å². The van der Waals surface area contributed by atoms with Gasteiger partial charge in [-0.05, 0) is 24.8 Å². The van der Waals surface area contributed by atoms with Gasteiger partial charge in [0.2, 0.25) is 5.91 Å². The van der Waals surface area contributed by atoms with Crippen LogP contribution in [0.4, 0.5) is 0 Å². The second-order valence-electron chi connectivity index (χ2n) is 5.32. The minimum absolute atomic E-state index is 0.00860. The smallest absolute Gasteiger partial charge is 0.303 e. The summed E-state index contributed by atoms with van der Waals surface area (Å²) < 4.78 is 0. The Kier molecular flexibility index (Phi) is 7.90. The Labute approximate surface area is 130 Å². The summed E-state index contributed by atoms with van der Waals surface area (Å²) in [6, 6.07) is 8.29. The number of thioether (sulfide) groups is 1. The zero-order chi connectivity index (χ0) is 15.7. The van der Waals surface area contributed by atoms with Crippen LogP contribution in [0.25, 0.3) is 0 Å². The van der Waals surface area contributed by atoms with E-state index in [1.165, 1.54) is 11.1 Å². The predicted molar refractivity (Wildman–Crippen MR) is 86.4 cm³/mol. The number of benzene rings is 1. The first kappa shape index (κ1) is 17.6. The average molecular weight is 309 g/mol. The lowest BCUT2D eigenvalue weighted by Gasteiger charge is -2.11. The highest BCUT2D eigenvalue weighted by molar-refractivity contribution is 7.99. The molecular formula is C16H23NO3S. The van der Waals surface area contributed by atoms with Crippen molar-refractivity contribution in [2.45, 2.75) is 32.4 Å². The largest absolute Gasteiger partial charge is 0.481 e. The van der Waals surface area contributed by atoms with Crippen molar-refractivity contribution in [3.8, 4) is 0 Å². The Morgan fingerprint density at radius 2 is 1.95 bits per heavy atom. The van der Waals surface area contributed by atoms with Gasteiger partial charge in [-0.15, -0.1) is 11.8 Å². The number of amides is 1. The standard InChI is InChI=1S/C16H23NO3S/c1-12-3-6-14(7-4-12)10-21-11-15(18)17-9-13(2)5-8-16(19)20/h3-4,6-7,13H,5,8-11H2,1-2H3,(H,17,18)(H,19,20). The van der Waals surface area contributed by atoms with Gasteiger partial charge < -0.3 is 10.4 Å². The van der Waals surface area contributed by atoms with E-state index in [2.05, 4.69) is 36.5 Å². The number of carbonyl (C=O) groups is 2. The lowest BCUT2D eigenvalue weighted by molar-refractivity contribution is -0.137. The SMILES string of the molecule is Cc1ccc(CSCC(=O)NCC(C)CCC(=O)O)cc1. The van der Waals surface area contributed by atoms with Crippen molar-refractivity contribution >= 4 is 23.6 Å². The molecule has 1 aromatic carbocycles. The Balaban J connectivity index is 2.13. The third-order valence-electron chi connectivity index (χ3n) is 3.12. The molecule has 0 saturated heterocycles. The van der Waals surface area contributed by atoms with E-state index in [9.17, 15) is 9.59 Å². The van der Waals surface area contributed by atoms with E-state index < -0.39 is 5.97 Å². The van der Waals surface area contributed by atoms with E-state index in [0.29, 0.717) is 18.7 Å². The highest BCUT2D eigenvalue weighted by Gasteiger charge is 2.08. The molecule has 4 nitrogen and oxygen atoms in total. The molecule has 0 aliphatic carbocycles. The summed E-state index contributed by atoms with van der Waals surface area (Å²) >= 11 is 1.58. The fourth-order valence-electron chi connectivity index (χ4n) is 1.76. The highest BCUT2D eigenvalue weighted by atomic mass is 32.2. The van der Waals surface area contributed by atoms with Crippen LogP contribution in [-0.4, -0.2) is 29.3 Å². The summed E-state index contributed by atoms with van der Waals surface area (Å²) in [5, 5.41) is 11.4. The number of aliphatic carboxylic acids is 1. The van der Waals surface area contributed by atoms with E-state index in [4.69, 9.17) is 5.11 Å². The summed E-state index contributed by atoms with van der Waals surface area (Å²) in [5.41, 5.74) is 2.45. The molecule has 0 saturated carbocycles. The first-order chi connectivity index (χ1) is 9.97. The second kappa shape index (κ2) is 9.45. The molecule has 0 radical (unpaired) electrons. The third kappa shape index (κ3) is 8.40. The molecule has 0 heterocycles.